The number of piperidine rings is 1. The molecule has 0 aliphatic carbocycles. The van der Waals surface area contributed by atoms with Crippen LogP contribution in [-0.2, 0) is 20.7 Å². The maximum absolute atomic E-state index is 13.1. The lowest BCUT2D eigenvalue weighted by Crippen LogP contribution is -2.44. The molecular formula is C24H27N3O5. The molecule has 168 valence electrons. The Balaban J connectivity index is 1.35. The van der Waals surface area contributed by atoms with E-state index in [1.807, 2.05) is 36.1 Å². The highest BCUT2D eigenvalue weighted by molar-refractivity contribution is 5.99. The van der Waals surface area contributed by atoms with Crippen molar-refractivity contribution in [1.82, 2.24) is 0 Å². The summed E-state index contributed by atoms with van der Waals surface area (Å²) in [6, 6.07) is 14.4. The van der Waals surface area contributed by atoms with Crippen LogP contribution in [0.4, 0.5) is 17.1 Å². The van der Waals surface area contributed by atoms with Crippen LogP contribution in [0.15, 0.2) is 48.5 Å². The molecule has 2 aromatic rings. The maximum atomic E-state index is 13.1. The number of benzene rings is 2. The minimum Gasteiger partial charge on any atom is -0.452 e. The molecule has 2 aromatic carbocycles. The third-order valence-corrected chi connectivity index (χ3v) is 6.33. The van der Waals surface area contributed by atoms with E-state index in [2.05, 4.69) is 0 Å². The number of nitro groups is 1. The molecule has 2 atom stereocenters. The second-order valence-electron chi connectivity index (χ2n) is 8.48. The molecule has 2 aliphatic heterocycles. The molecule has 8 nitrogen and oxygen atoms in total. The lowest BCUT2D eigenvalue weighted by molar-refractivity contribution is -0.384. The van der Waals surface area contributed by atoms with Crippen LogP contribution in [0, 0.1) is 16.0 Å². The third kappa shape index (κ3) is 4.17. The number of carbonyl (C=O) groups is 2. The van der Waals surface area contributed by atoms with E-state index in [0.29, 0.717) is 31.6 Å². The van der Waals surface area contributed by atoms with Gasteiger partial charge in [-0.3, -0.25) is 19.7 Å². The van der Waals surface area contributed by atoms with E-state index < -0.39 is 6.10 Å². The van der Waals surface area contributed by atoms with E-state index in [4.69, 9.17) is 4.74 Å². The van der Waals surface area contributed by atoms with Crippen molar-refractivity contribution in [3.05, 3.63) is 64.2 Å². The van der Waals surface area contributed by atoms with Crippen molar-refractivity contribution in [1.29, 1.82) is 0 Å². The van der Waals surface area contributed by atoms with Crippen LogP contribution in [0.25, 0.3) is 0 Å². The molecule has 2 aliphatic rings. The number of anilines is 2. The molecule has 0 N–H and O–H groups in total. The van der Waals surface area contributed by atoms with E-state index in [1.54, 1.807) is 30.0 Å². The van der Waals surface area contributed by atoms with Gasteiger partial charge in [0.25, 0.3) is 11.6 Å². The Morgan fingerprint density at radius 1 is 1.06 bits per heavy atom. The number of para-hydroxylation sites is 3. The van der Waals surface area contributed by atoms with Gasteiger partial charge in [-0.2, -0.15) is 0 Å². The third-order valence-electron chi connectivity index (χ3n) is 6.33. The normalized spacial score (nSPS) is 19.4. The number of nitro benzene ring substituents is 1. The Labute approximate surface area is 186 Å². The van der Waals surface area contributed by atoms with Gasteiger partial charge in [0.15, 0.2) is 6.10 Å². The van der Waals surface area contributed by atoms with Gasteiger partial charge in [0.1, 0.15) is 5.69 Å². The Hall–Kier alpha value is -3.42. The van der Waals surface area contributed by atoms with Crippen molar-refractivity contribution in [2.45, 2.75) is 45.3 Å². The minimum atomic E-state index is -0.871. The van der Waals surface area contributed by atoms with Gasteiger partial charge in [-0.1, -0.05) is 30.3 Å². The summed E-state index contributed by atoms with van der Waals surface area (Å²) in [4.78, 5) is 40.4. The van der Waals surface area contributed by atoms with Gasteiger partial charge in [-0.05, 0) is 50.8 Å². The molecule has 0 saturated carbocycles. The van der Waals surface area contributed by atoms with Crippen LogP contribution in [0.5, 0.6) is 0 Å². The Morgan fingerprint density at radius 2 is 1.69 bits per heavy atom. The van der Waals surface area contributed by atoms with E-state index in [-0.39, 0.29) is 34.4 Å². The summed E-state index contributed by atoms with van der Waals surface area (Å²) in [5.41, 5.74) is 2.63. The smallest absolute Gasteiger partial charge is 0.309 e. The van der Waals surface area contributed by atoms with Crippen molar-refractivity contribution in [2.75, 3.05) is 22.9 Å². The number of nitrogens with zero attached hydrogens (tertiary/aromatic N) is 3. The van der Waals surface area contributed by atoms with Crippen molar-refractivity contribution in [3.8, 4) is 0 Å². The van der Waals surface area contributed by atoms with Crippen molar-refractivity contribution in [3.63, 3.8) is 0 Å². The monoisotopic (exact) mass is 437 g/mol. The fraction of sp³-hybridized carbons (Fsp3) is 0.417. The van der Waals surface area contributed by atoms with Gasteiger partial charge in [-0.25, -0.2) is 0 Å². The Bertz CT molecular complexity index is 1030. The fourth-order valence-electron chi connectivity index (χ4n) is 4.66. The highest BCUT2D eigenvalue weighted by Crippen LogP contribution is 2.34. The van der Waals surface area contributed by atoms with Crippen LogP contribution < -0.4 is 9.80 Å². The fourth-order valence-corrected chi connectivity index (χ4v) is 4.66. The zero-order chi connectivity index (χ0) is 22.8. The van der Waals surface area contributed by atoms with Crippen molar-refractivity contribution < 1.29 is 19.2 Å². The van der Waals surface area contributed by atoms with Crippen LogP contribution in [0.2, 0.25) is 0 Å². The van der Waals surface area contributed by atoms with Crippen LogP contribution in [-0.4, -0.2) is 42.0 Å². The summed E-state index contributed by atoms with van der Waals surface area (Å²) in [6.45, 7) is 4.65. The van der Waals surface area contributed by atoms with Gasteiger partial charge >= 0.3 is 5.97 Å². The van der Waals surface area contributed by atoms with Gasteiger partial charge in [0, 0.05) is 30.9 Å². The average molecular weight is 437 g/mol. The number of carbonyl (C=O) groups excluding carboxylic acids is 2. The Kier molecular flexibility index (Phi) is 6.12. The topological polar surface area (TPSA) is 93.0 Å². The zero-order valence-electron chi connectivity index (χ0n) is 18.3. The summed E-state index contributed by atoms with van der Waals surface area (Å²) in [5, 5.41) is 11.3. The number of hydrogen-bond donors (Lipinski definition) is 0. The molecule has 1 saturated heterocycles. The van der Waals surface area contributed by atoms with Crippen LogP contribution >= 0.6 is 0 Å². The standard InChI is InChI=1S/C24H27N3O5/c1-16-15-19-7-3-4-8-20(19)26(16)23(28)17(2)32-24(29)18-11-13-25(14-12-18)21-9-5-6-10-22(21)27(30)31/h3-10,16-18H,11-15H2,1-2H3/t16-,17-/m1/s1. The van der Waals surface area contributed by atoms with E-state index in [9.17, 15) is 19.7 Å². The predicted molar refractivity (Wildman–Crippen MR) is 121 cm³/mol. The first-order valence-electron chi connectivity index (χ1n) is 11.0. The number of rotatable bonds is 5. The number of fused-ring (bicyclic) bond motifs is 1. The second-order valence-corrected chi connectivity index (χ2v) is 8.48. The van der Waals surface area contributed by atoms with E-state index in [1.165, 1.54) is 6.07 Å². The van der Waals surface area contributed by atoms with Crippen LogP contribution in [0.3, 0.4) is 0 Å². The Morgan fingerprint density at radius 3 is 2.38 bits per heavy atom. The van der Waals surface area contributed by atoms with Gasteiger partial charge in [-0.15, -0.1) is 0 Å². The molecule has 0 spiro atoms. The number of ether oxygens (including phenoxy) is 1. The predicted octanol–water partition coefficient (Wildman–Crippen LogP) is 3.72. The number of hydrogen-bond acceptors (Lipinski definition) is 6. The number of amides is 1. The average Bonchev–Trinajstić information content (AvgIpc) is 3.14. The molecule has 8 heteroatoms. The van der Waals surface area contributed by atoms with Crippen molar-refractivity contribution in [2.24, 2.45) is 5.92 Å². The summed E-state index contributed by atoms with van der Waals surface area (Å²) >= 11 is 0. The molecule has 0 bridgehead atoms. The quantitative estimate of drug-likeness (QED) is 0.402. The highest BCUT2D eigenvalue weighted by Gasteiger charge is 2.36. The lowest BCUT2D eigenvalue weighted by atomic mass is 9.96. The lowest BCUT2D eigenvalue weighted by Gasteiger charge is -2.33. The summed E-state index contributed by atoms with van der Waals surface area (Å²) in [7, 11) is 0. The van der Waals surface area contributed by atoms with Crippen molar-refractivity contribution >= 4 is 28.9 Å². The molecule has 32 heavy (non-hydrogen) atoms. The molecule has 0 radical (unpaired) electrons. The minimum absolute atomic E-state index is 0.0194. The van der Waals surface area contributed by atoms with Crippen LogP contribution in [0.1, 0.15) is 32.3 Å². The summed E-state index contributed by atoms with van der Waals surface area (Å²) in [6.07, 6.45) is 0.959. The zero-order valence-corrected chi connectivity index (χ0v) is 18.3. The molecule has 1 amide bonds. The first-order chi connectivity index (χ1) is 15.4. The van der Waals surface area contributed by atoms with Gasteiger partial charge in [0.05, 0.1) is 10.8 Å². The molecule has 0 unspecified atom stereocenters. The summed E-state index contributed by atoms with van der Waals surface area (Å²) < 4.78 is 5.57. The van der Waals surface area contributed by atoms with E-state index in [0.717, 1.165) is 17.7 Å². The highest BCUT2D eigenvalue weighted by atomic mass is 16.6. The first-order valence-corrected chi connectivity index (χ1v) is 11.0. The van der Waals surface area contributed by atoms with Gasteiger partial charge in [0.2, 0.25) is 0 Å². The summed E-state index contributed by atoms with van der Waals surface area (Å²) in [5.74, 6) is -0.922. The second kappa shape index (κ2) is 8.98. The molecular weight excluding hydrogens is 410 g/mol. The molecule has 2 heterocycles. The first kappa shape index (κ1) is 21.8. The number of esters is 1. The largest absolute Gasteiger partial charge is 0.452 e. The maximum Gasteiger partial charge on any atom is 0.309 e. The molecule has 0 aromatic heterocycles. The molecule has 1 fully saturated rings. The molecule has 4 rings (SSSR count). The van der Waals surface area contributed by atoms with Gasteiger partial charge < -0.3 is 14.5 Å². The van der Waals surface area contributed by atoms with E-state index >= 15 is 0 Å². The SMILES string of the molecule is C[C@@H]1Cc2ccccc2N1C(=O)[C@@H](C)OC(=O)C1CCN(c2ccccc2[N+](=O)[O-])CC1.